The maximum Gasteiger partial charge on any atom is 0.246 e. The zero-order valence-corrected chi connectivity index (χ0v) is 12.4. The van der Waals surface area contributed by atoms with Gasteiger partial charge in [0.25, 0.3) is 0 Å². The summed E-state index contributed by atoms with van der Waals surface area (Å²) in [5.41, 5.74) is 6.10. The molecule has 1 aliphatic rings. The summed E-state index contributed by atoms with van der Waals surface area (Å²) in [7, 11) is 0. The lowest BCUT2D eigenvalue weighted by Gasteiger charge is -2.21. The quantitative estimate of drug-likeness (QED) is 0.912. The van der Waals surface area contributed by atoms with Crippen LogP contribution in [-0.2, 0) is 4.79 Å². The van der Waals surface area contributed by atoms with Gasteiger partial charge in [-0.1, -0.05) is 12.8 Å². The molecule has 0 atom stereocenters. The summed E-state index contributed by atoms with van der Waals surface area (Å²) in [5.74, 6) is 0.561. The van der Waals surface area contributed by atoms with Crippen LogP contribution in [0.4, 0.5) is 5.13 Å². The lowest BCUT2D eigenvalue weighted by Crippen LogP contribution is -2.48. The minimum absolute atomic E-state index is 0. The lowest BCUT2D eigenvalue weighted by atomic mass is 9.98. The predicted molar refractivity (Wildman–Crippen MR) is 81.1 cm³/mol. The fraction of sp³-hybridized carbons (Fsp3) is 0.385. The third kappa shape index (κ3) is 2.87. The van der Waals surface area contributed by atoms with E-state index in [1.54, 1.807) is 12.3 Å². The molecule has 20 heavy (non-hydrogen) atoms. The van der Waals surface area contributed by atoms with E-state index >= 15 is 0 Å². The molecule has 3 N–H and O–H groups in total. The number of aromatic nitrogens is 1. The highest BCUT2D eigenvalue weighted by molar-refractivity contribution is 7.14. The Bertz CT molecular complexity index is 576. The van der Waals surface area contributed by atoms with Gasteiger partial charge in [0.15, 0.2) is 10.9 Å². The number of rotatable bonds is 3. The Hall–Kier alpha value is -1.37. The van der Waals surface area contributed by atoms with Crippen molar-refractivity contribution in [3.05, 3.63) is 23.8 Å². The number of hydrogen-bond acceptors (Lipinski definition) is 5. The molecule has 0 bridgehead atoms. The first-order chi connectivity index (χ1) is 9.17. The molecule has 0 saturated heterocycles. The topological polar surface area (TPSA) is 81.2 Å². The van der Waals surface area contributed by atoms with Gasteiger partial charge in [0.05, 0.1) is 11.8 Å². The first kappa shape index (κ1) is 15.0. The molecule has 5 nitrogen and oxygen atoms in total. The highest BCUT2D eigenvalue weighted by atomic mass is 35.5. The Morgan fingerprint density at radius 1 is 1.45 bits per heavy atom. The maximum absolute atomic E-state index is 12.1. The van der Waals surface area contributed by atoms with Crippen LogP contribution in [0.1, 0.15) is 25.7 Å². The molecule has 0 spiro atoms. The molecule has 2 heterocycles. The highest BCUT2D eigenvalue weighted by Gasteiger charge is 2.37. The summed E-state index contributed by atoms with van der Waals surface area (Å²) in [4.78, 5) is 16.5. The summed E-state index contributed by atoms with van der Waals surface area (Å²) in [6, 6.07) is 3.64. The molecule has 2 aromatic heterocycles. The zero-order valence-electron chi connectivity index (χ0n) is 10.8. The van der Waals surface area contributed by atoms with Gasteiger partial charge in [-0.15, -0.1) is 23.7 Å². The molecular weight excluding hydrogens is 298 g/mol. The zero-order chi connectivity index (χ0) is 13.3. The van der Waals surface area contributed by atoms with Crippen molar-refractivity contribution in [1.29, 1.82) is 0 Å². The molecular formula is C13H16ClN3O2S. The number of hydrogen-bond donors (Lipinski definition) is 2. The minimum Gasteiger partial charge on any atom is -0.463 e. The van der Waals surface area contributed by atoms with Crippen LogP contribution < -0.4 is 11.1 Å². The number of nitrogens with two attached hydrogens (primary N) is 1. The molecule has 7 heteroatoms. The Kier molecular flexibility index (Phi) is 4.47. The van der Waals surface area contributed by atoms with Crippen LogP contribution in [0.2, 0.25) is 0 Å². The van der Waals surface area contributed by atoms with E-state index < -0.39 is 5.54 Å². The van der Waals surface area contributed by atoms with E-state index in [1.807, 2.05) is 11.4 Å². The second kappa shape index (κ2) is 5.95. The molecule has 0 aliphatic heterocycles. The van der Waals surface area contributed by atoms with Crippen LogP contribution in [0.15, 0.2) is 28.2 Å². The van der Waals surface area contributed by atoms with E-state index in [-0.39, 0.29) is 18.3 Å². The van der Waals surface area contributed by atoms with E-state index in [0.717, 1.165) is 31.4 Å². The molecule has 1 saturated carbocycles. The van der Waals surface area contributed by atoms with Gasteiger partial charge >= 0.3 is 0 Å². The van der Waals surface area contributed by atoms with E-state index in [4.69, 9.17) is 10.2 Å². The largest absolute Gasteiger partial charge is 0.463 e. The fourth-order valence-corrected chi connectivity index (χ4v) is 3.02. The Labute approximate surface area is 127 Å². The second-order valence-corrected chi connectivity index (χ2v) is 5.69. The minimum atomic E-state index is -0.726. The number of nitrogens with zero attached hydrogens (tertiary/aromatic N) is 1. The molecule has 1 amide bonds. The highest BCUT2D eigenvalue weighted by Crippen LogP contribution is 2.30. The van der Waals surface area contributed by atoms with Crippen LogP contribution in [0.3, 0.4) is 0 Å². The number of anilines is 1. The van der Waals surface area contributed by atoms with Crippen molar-refractivity contribution in [2.75, 3.05) is 5.32 Å². The average Bonchev–Trinajstić information content (AvgIpc) is 3.08. The number of amides is 1. The van der Waals surface area contributed by atoms with E-state index in [0.29, 0.717) is 10.9 Å². The van der Waals surface area contributed by atoms with Gasteiger partial charge < -0.3 is 15.5 Å². The van der Waals surface area contributed by atoms with Gasteiger partial charge in [0.2, 0.25) is 5.91 Å². The van der Waals surface area contributed by atoms with Gasteiger partial charge in [-0.05, 0) is 25.0 Å². The molecule has 2 aromatic rings. The van der Waals surface area contributed by atoms with Crippen molar-refractivity contribution >= 4 is 34.8 Å². The van der Waals surface area contributed by atoms with Crippen LogP contribution >= 0.6 is 23.7 Å². The van der Waals surface area contributed by atoms with Gasteiger partial charge in [-0.2, -0.15) is 0 Å². The molecule has 1 aliphatic carbocycles. The third-order valence-corrected chi connectivity index (χ3v) is 4.20. The Balaban J connectivity index is 0.00000147. The van der Waals surface area contributed by atoms with E-state index in [9.17, 15) is 4.79 Å². The number of carbonyl (C=O) groups excluding carboxylic acids is 1. The smallest absolute Gasteiger partial charge is 0.246 e. The Morgan fingerprint density at radius 3 is 2.85 bits per heavy atom. The maximum atomic E-state index is 12.1. The summed E-state index contributed by atoms with van der Waals surface area (Å²) in [6.45, 7) is 0. The molecule has 108 valence electrons. The van der Waals surface area contributed by atoms with Crippen LogP contribution in [-0.4, -0.2) is 16.4 Å². The molecule has 0 radical (unpaired) electrons. The normalized spacial score (nSPS) is 16.6. The number of furan rings is 1. The van der Waals surface area contributed by atoms with Crippen LogP contribution in [0.5, 0.6) is 0 Å². The predicted octanol–water partition coefficient (Wildman–Crippen LogP) is 3.03. The standard InChI is InChI=1S/C13H15N3O2S.ClH/c14-13(5-1-2-6-13)11(17)16-12-15-9(8-19-12)10-4-3-7-18-10;/h3-4,7-8H,1-2,5-6,14H2,(H,15,16,17);1H. The molecule has 0 unspecified atom stereocenters. The Morgan fingerprint density at radius 2 is 2.20 bits per heavy atom. The number of thiazole rings is 1. The lowest BCUT2D eigenvalue weighted by molar-refractivity contribution is -0.121. The molecule has 3 rings (SSSR count). The first-order valence-corrected chi connectivity index (χ1v) is 7.15. The van der Waals surface area contributed by atoms with Gasteiger partial charge in [-0.3, -0.25) is 4.79 Å². The van der Waals surface area contributed by atoms with Crippen LogP contribution in [0.25, 0.3) is 11.5 Å². The van der Waals surface area contributed by atoms with E-state index in [2.05, 4.69) is 10.3 Å². The van der Waals surface area contributed by atoms with Gasteiger partial charge in [0.1, 0.15) is 5.69 Å². The van der Waals surface area contributed by atoms with Gasteiger partial charge in [0, 0.05) is 5.38 Å². The second-order valence-electron chi connectivity index (χ2n) is 4.83. The SMILES string of the molecule is Cl.NC1(C(=O)Nc2nc(-c3ccco3)cs2)CCCC1. The summed E-state index contributed by atoms with van der Waals surface area (Å²) in [5, 5.41) is 5.23. The van der Waals surface area contributed by atoms with E-state index in [1.165, 1.54) is 11.3 Å². The number of halogens is 1. The molecule has 0 aromatic carbocycles. The van der Waals surface area contributed by atoms with Crippen LogP contribution in [0, 0.1) is 0 Å². The van der Waals surface area contributed by atoms with Crippen molar-refractivity contribution in [3.8, 4) is 11.5 Å². The van der Waals surface area contributed by atoms with Crippen molar-refractivity contribution < 1.29 is 9.21 Å². The van der Waals surface area contributed by atoms with Gasteiger partial charge in [-0.25, -0.2) is 4.98 Å². The summed E-state index contributed by atoms with van der Waals surface area (Å²) >= 11 is 1.37. The van der Waals surface area contributed by atoms with Crippen molar-refractivity contribution in [2.24, 2.45) is 5.73 Å². The first-order valence-electron chi connectivity index (χ1n) is 6.27. The number of carbonyl (C=O) groups is 1. The van der Waals surface area contributed by atoms with Crippen molar-refractivity contribution in [2.45, 2.75) is 31.2 Å². The summed E-state index contributed by atoms with van der Waals surface area (Å²) in [6.07, 6.45) is 5.11. The van der Waals surface area contributed by atoms with Crippen molar-refractivity contribution in [3.63, 3.8) is 0 Å². The van der Waals surface area contributed by atoms with Crippen molar-refractivity contribution in [1.82, 2.24) is 4.98 Å². The molecule has 1 fully saturated rings. The average molecular weight is 314 g/mol. The third-order valence-electron chi connectivity index (χ3n) is 3.45. The summed E-state index contributed by atoms with van der Waals surface area (Å²) < 4.78 is 5.26. The number of nitrogens with one attached hydrogen (secondary N) is 1. The fourth-order valence-electron chi connectivity index (χ4n) is 2.32. The monoisotopic (exact) mass is 313 g/mol.